The maximum absolute atomic E-state index is 11.0. The number of anilines is 1. The molecule has 7 heteroatoms. The number of nitrogens with one attached hydrogen (secondary N) is 1. The number of nitrogens with zero attached hydrogens (tertiary/aromatic N) is 3. The largest absolute Gasteiger partial charge is 0.493 e. The van der Waals surface area contributed by atoms with Gasteiger partial charge in [-0.25, -0.2) is 4.98 Å². The van der Waals surface area contributed by atoms with Crippen LogP contribution in [-0.4, -0.2) is 22.7 Å². The van der Waals surface area contributed by atoms with Crippen LogP contribution in [-0.2, 0) is 0 Å². The Hall–Kier alpha value is -3.48. The summed E-state index contributed by atoms with van der Waals surface area (Å²) in [5.74, 6) is 0.905. The number of rotatable bonds is 6. The molecular weight excluding hydrogens is 320 g/mol. The Morgan fingerprint density at radius 3 is 2.76 bits per heavy atom. The Bertz CT molecular complexity index is 941. The van der Waals surface area contributed by atoms with Crippen LogP contribution in [0.4, 0.5) is 11.5 Å². The molecule has 0 amide bonds. The zero-order chi connectivity index (χ0) is 17.6. The van der Waals surface area contributed by atoms with Crippen molar-refractivity contribution in [1.29, 1.82) is 0 Å². The van der Waals surface area contributed by atoms with Crippen molar-refractivity contribution in [2.45, 2.75) is 6.92 Å². The highest BCUT2D eigenvalue weighted by Gasteiger charge is 2.13. The first-order valence-electron chi connectivity index (χ1n) is 7.73. The highest BCUT2D eigenvalue weighted by Crippen LogP contribution is 2.28. The molecule has 1 heterocycles. The molecule has 1 N–H and O–H groups in total. The molecule has 3 rings (SSSR count). The summed E-state index contributed by atoms with van der Waals surface area (Å²) in [7, 11) is 0. The van der Waals surface area contributed by atoms with E-state index in [1.54, 1.807) is 6.21 Å². The summed E-state index contributed by atoms with van der Waals surface area (Å²) in [4.78, 5) is 14.4. The summed E-state index contributed by atoms with van der Waals surface area (Å²) >= 11 is 0. The van der Waals surface area contributed by atoms with Crippen molar-refractivity contribution in [2.24, 2.45) is 5.10 Å². The fourth-order valence-electron chi connectivity index (χ4n) is 2.48. The predicted octanol–water partition coefficient (Wildman–Crippen LogP) is 3.99. The Morgan fingerprint density at radius 1 is 1.20 bits per heavy atom. The van der Waals surface area contributed by atoms with Crippen LogP contribution < -0.4 is 10.2 Å². The third kappa shape index (κ3) is 3.55. The van der Waals surface area contributed by atoms with E-state index in [0.717, 1.165) is 22.1 Å². The second-order valence-corrected chi connectivity index (χ2v) is 5.13. The molecule has 0 aliphatic carbocycles. The molecule has 0 bridgehead atoms. The van der Waals surface area contributed by atoms with Gasteiger partial charge in [-0.3, -0.25) is 15.5 Å². The summed E-state index contributed by atoms with van der Waals surface area (Å²) in [5, 5.41) is 17.1. The van der Waals surface area contributed by atoms with Gasteiger partial charge in [-0.2, -0.15) is 5.10 Å². The molecule has 0 aliphatic heterocycles. The van der Waals surface area contributed by atoms with Gasteiger partial charge >= 0.3 is 5.69 Å². The normalized spacial score (nSPS) is 10.9. The smallest absolute Gasteiger partial charge is 0.313 e. The van der Waals surface area contributed by atoms with Crippen LogP contribution in [0.1, 0.15) is 12.5 Å². The number of ether oxygens (including phenoxy) is 1. The lowest BCUT2D eigenvalue weighted by Gasteiger charge is -2.09. The van der Waals surface area contributed by atoms with Gasteiger partial charge in [-0.15, -0.1) is 0 Å². The van der Waals surface area contributed by atoms with Crippen molar-refractivity contribution in [3.8, 4) is 5.75 Å². The molecular formula is C18H16N4O3. The minimum absolute atomic E-state index is 0.0963. The van der Waals surface area contributed by atoms with Crippen LogP contribution in [0, 0.1) is 10.1 Å². The third-order valence-corrected chi connectivity index (χ3v) is 3.57. The number of hydrogen-bond donors (Lipinski definition) is 1. The van der Waals surface area contributed by atoms with Crippen LogP contribution >= 0.6 is 0 Å². The van der Waals surface area contributed by atoms with Crippen molar-refractivity contribution in [1.82, 2.24) is 4.98 Å². The highest BCUT2D eigenvalue weighted by atomic mass is 16.6. The molecule has 0 radical (unpaired) electrons. The molecule has 0 unspecified atom stereocenters. The van der Waals surface area contributed by atoms with Gasteiger partial charge in [0.05, 0.1) is 17.7 Å². The molecule has 0 saturated heterocycles. The van der Waals surface area contributed by atoms with Gasteiger partial charge in [0.1, 0.15) is 5.75 Å². The molecule has 1 aromatic heterocycles. The second-order valence-electron chi connectivity index (χ2n) is 5.13. The van der Waals surface area contributed by atoms with E-state index in [1.165, 1.54) is 18.3 Å². The highest BCUT2D eigenvalue weighted by molar-refractivity contribution is 6.02. The summed E-state index contributed by atoms with van der Waals surface area (Å²) < 4.78 is 5.64. The molecule has 0 atom stereocenters. The topological polar surface area (TPSA) is 89.7 Å². The molecule has 7 nitrogen and oxygen atoms in total. The van der Waals surface area contributed by atoms with E-state index in [2.05, 4.69) is 15.5 Å². The quantitative estimate of drug-likeness (QED) is 0.417. The maximum atomic E-state index is 11.0. The lowest BCUT2D eigenvalue weighted by molar-refractivity contribution is -0.384. The monoisotopic (exact) mass is 336 g/mol. The average Bonchev–Trinajstić information content (AvgIpc) is 2.64. The van der Waals surface area contributed by atoms with Crippen LogP contribution in [0.3, 0.4) is 0 Å². The van der Waals surface area contributed by atoms with Crippen molar-refractivity contribution in [3.05, 3.63) is 70.4 Å². The van der Waals surface area contributed by atoms with E-state index in [-0.39, 0.29) is 11.5 Å². The van der Waals surface area contributed by atoms with Gasteiger partial charge in [-0.1, -0.05) is 24.3 Å². The second kappa shape index (κ2) is 7.39. The van der Waals surface area contributed by atoms with Crippen molar-refractivity contribution >= 4 is 28.5 Å². The molecule has 126 valence electrons. The number of aromatic nitrogens is 1. The van der Waals surface area contributed by atoms with Crippen molar-refractivity contribution in [2.75, 3.05) is 12.0 Å². The van der Waals surface area contributed by atoms with Crippen LogP contribution in [0.2, 0.25) is 0 Å². The molecule has 2 aromatic carbocycles. The Kier molecular flexibility index (Phi) is 4.84. The zero-order valence-corrected chi connectivity index (χ0v) is 13.5. The minimum Gasteiger partial charge on any atom is -0.493 e. The zero-order valence-electron chi connectivity index (χ0n) is 13.5. The van der Waals surface area contributed by atoms with Crippen LogP contribution in [0.25, 0.3) is 10.8 Å². The van der Waals surface area contributed by atoms with Crippen LogP contribution in [0.15, 0.2) is 59.8 Å². The minimum atomic E-state index is -0.503. The number of hydrogen-bond acceptors (Lipinski definition) is 6. The summed E-state index contributed by atoms with van der Waals surface area (Å²) in [5.41, 5.74) is 3.37. The first-order chi connectivity index (χ1) is 12.2. The van der Waals surface area contributed by atoms with Gasteiger partial charge in [0.25, 0.3) is 0 Å². The van der Waals surface area contributed by atoms with Crippen LogP contribution in [0.5, 0.6) is 5.75 Å². The fraction of sp³-hybridized carbons (Fsp3) is 0.111. The number of nitro groups is 1. The molecule has 25 heavy (non-hydrogen) atoms. The lowest BCUT2D eigenvalue weighted by atomic mass is 10.0. The standard InChI is InChI=1S/C18H16N4O3/c1-2-25-17-10-9-13(14-6-3-4-7-15(14)17)12-20-21-18-16(22(23)24)8-5-11-19-18/h3-12H,2H2,1H3,(H,19,21)/b20-12-. The van der Waals surface area contributed by atoms with E-state index >= 15 is 0 Å². The van der Waals surface area contributed by atoms with E-state index in [1.807, 2.05) is 43.3 Å². The van der Waals surface area contributed by atoms with Gasteiger partial charge < -0.3 is 4.74 Å². The summed E-state index contributed by atoms with van der Waals surface area (Å²) in [6.07, 6.45) is 3.08. The van der Waals surface area contributed by atoms with E-state index in [0.29, 0.717) is 6.61 Å². The number of pyridine rings is 1. The first-order valence-corrected chi connectivity index (χ1v) is 7.73. The number of hydrazone groups is 1. The van der Waals surface area contributed by atoms with Crippen molar-refractivity contribution < 1.29 is 9.66 Å². The predicted molar refractivity (Wildman–Crippen MR) is 97.2 cm³/mol. The summed E-state index contributed by atoms with van der Waals surface area (Å²) in [6.45, 7) is 2.52. The Morgan fingerprint density at radius 2 is 2.00 bits per heavy atom. The van der Waals surface area contributed by atoms with E-state index in [4.69, 9.17) is 4.74 Å². The number of benzene rings is 2. The van der Waals surface area contributed by atoms with Gasteiger partial charge in [0.15, 0.2) is 0 Å². The lowest BCUT2D eigenvalue weighted by Crippen LogP contribution is -1.99. The summed E-state index contributed by atoms with van der Waals surface area (Å²) in [6, 6.07) is 14.5. The third-order valence-electron chi connectivity index (χ3n) is 3.57. The fourth-order valence-corrected chi connectivity index (χ4v) is 2.48. The van der Waals surface area contributed by atoms with Crippen molar-refractivity contribution in [3.63, 3.8) is 0 Å². The maximum Gasteiger partial charge on any atom is 0.313 e. The molecule has 0 aliphatic rings. The Balaban J connectivity index is 1.90. The molecule has 0 spiro atoms. The number of fused-ring (bicyclic) bond motifs is 1. The van der Waals surface area contributed by atoms with E-state index < -0.39 is 4.92 Å². The molecule has 3 aromatic rings. The van der Waals surface area contributed by atoms with Gasteiger partial charge in [-0.05, 0) is 30.5 Å². The average molecular weight is 336 g/mol. The molecule has 0 saturated carbocycles. The van der Waals surface area contributed by atoms with Gasteiger partial charge in [0.2, 0.25) is 5.82 Å². The van der Waals surface area contributed by atoms with E-state index in [9.17, 15) is 10.1 Å². The SMILES string of the molecule is CCOc1ccc(/C=N\Nc2ncccc2[N+](=O)[O-])c2ccccc12. The molecule has 0 fully saturated rings. The first kappa shape index (κ1) is 16.4. The van der Waals surface area contributed by atoms with Gasteiger partial charge in [0, 0.05) is 23.2 Å². The Labute approximate surface area is 144 Å².